The summed E-state index contributed by atoms with van der Waals surface area (Å²) in [6.07, 6.45) is 2.98. The lowest BCUT2D eigenvalue weighted by molar-refractivity contribution is -0.133. The van der Waals surface area contributed by atoms with Crippen LogP contribution in [0.1, 0.15) is 31.7 Å². The minimum Gasteiger partial charge on any atom is -0.334 e. The fourth-order valence-electron chi connectivity index (χ4n) is 1.74. The standard InChI is InChI=1S/C12H18N2OS.ClH/c1-2-11(13)12(15)14(10-3-4-10)7-9-5-6-16-8-9;/h5-6,8,10-11H,2-4,7,13H2,1H3;1H/t11-;/m0./s1. The Balaban J connectivity index is 0.00000144. The van der Waals surface area contributed by atoms with Gasteiger partial charge >= 0.3 is 0 Å². The molecule has 2 rings (SSSR count). The van der Waals surface area contributed by atoms with Crippen LogP contribution in [0, 0.1) is 0 Å². The normalized spacial score (nSPS) is 16.1. The van der Waals surface area contributed by atoms with Gasteiger partial charge in [-0.3, -0.25) is 4.79 Å². The monoisotopic (exact) mass is 274 g/mol. The summed E-state index contributed by atoms with van der Waals surface area (Å²) in [5, 5.41) is 4.14. The second-order valence-corrected chi connectivity index (χ2v) is 5.12. The summed E-state index contributed by atoms with van der Waals surface area (Å²) in [4.78, 5) is 14.0. The molecule has 1 fully saturated rings. The van der Waals surface area contributed by atoms with E-state index in [1.807, 2.05) is 17.2 Å². The highest BCUT2D eigenvalue weighted by atomic mass is 35.5. The number of hydrogen-bond donors (Lipinski definition) is 1. The van der Waals surface area contributed by atoms with Crippen molar-refractivity contribution < 1.29 is 4.79 Å². The maximum Gasteiger partial charge on any atom is 0.240 e. The third-order valence-corrected chi connectivity index (χ3v) is 3.69. The predicted octanol–water partition coefficient (Wildman–Crippen LogP) is 2.40. The van der Waals surface area contributed by atoms with Crippen molar-refractivity contribution in [1.82, 2.24) is 4.90 Å². The largest absolute Gasteiger partial charge is 0.334 e. The minimum atomic E-state index is -0.334. The van der Waals surface area contributed by atoms with E-state index in [1.165, 1.54) is 5.56 Å². The van der Waals surface area contributed by atoms with E-state index in [0.29, 0.717) is 12.5 Å². The maximum atomic E-state index is 12.1. The number of halogens is 1. The zero-order chi connectivity index (χ0) is 11.5. The van der Waals surface area contributed by atoms with Crippen molar-refractivity contribution in [3.05, 3.63) is 22.4 Å². The summed E-state index contributed by atoms with van der Waals surface area (Å²) < 4.78 is 0. The summed E-state index contributed by atoms with van der Waals surface area (Å²) in [5.41, 5.74) is 7.04. The Morgan fingerprint density at radius 2 is 2.35 bits per heavy atom. The van der Waals surface area contributed by atoms with Gasteiger partial charge in [-0.05, 0) is 41.7 Å². The van der Waals surface area contributed by atoms with Crippen molar-refractivity contribution in [3.63, 3.8) is 0 Å². The molecule has 1 aromatic rings. The number of rotatable bonds is 5. The number of carbonyl (C=O) groups is 1. The summed E-state index contributed by atoms with van der Waals surface area (Å²) in [6, 6.07) is 2.18. The topological polar surface area (TPSA) is 46.3 Å². The van der Waals surface area contributed by atoms with Crippen molar-refractivity contribution in [2.24, 2.45) is 5.73 Å². The molecule has 1 aromatic heterocycles. The molecule has 1 amide bonds. The van der Waals surface area contributed by atoms with Crippen LogP contribution < -0.4 is 5.73 Å². The number of amides is 1. The molecule has 1 saturated carbocycles. The van der Waals surface area contributed by atoms with Crippen molar-refractivity contribution in [3.8, 4) is 0 Å². The van der Waals surface area contributed by atoms with Crippen LogP contribution in [0.15, 0.2) is 16.8 Å². The molecule has 0 bridgehead atoms. The van der Waals surface area contributed by atoms with Crippen LogP contribution in [0.25, 0.3) is 0 Å². The van der Waals surface area contributed by atoms with E-state index in [9.17, 15) is 4.79 Å². The van der Waals surface area contributed by atoms with Gasteiger partial charge in [0.1, 0.15) is 0 Å². The summed E-state index contributed by atoms with van der Waals surface area (Å²) >= 11 is 1.67. The van der Waals surface area contributed by atoms with Crippen molar-refractivity contribution >= 4 is 29.7 Å². The Morgan fingerprint density at radius 3 is 2.82 bits per heavy atom. The van der Waals surface area contributed by atoms with E-state index in [2.05, 4.69) is 11.4 Å². The lowest BCUT2D eigenvalue weighted by Gasteiger charge is -2.24. The van der Waals surface area contributed by atoms with Gasteiger partial charge in [0.2, 0.25) is 5.91 Å². The fraction of sp³-hybridized carbons (Fsp3) is 0.583. The number of nitrogens with two attached hydrogens (primary N) is 1. The summed E-state index contributed by atoms with van der Waals surface area (Å²) in [7, 11) is 0. The van der Waals surface area contributed by atoms with Gasteiger partial charge in [-0.15, -0.1) is 12.4 Å². The second kappa shape index (κ2) is 6.38. The average molecular weight is 275 g/mol. The Labute approximate surface area is 112 Å². The maximum absolute atomic E-state index is 12.1. The second-order valence-electron chi connectivity index (χ2n) is 4.34. The molecule has 1 heterocycles. The number of hydrogen-bond acceptors (Lipinski definition) is 3. The van der Waals surface area contributed by atoms with Crippen LogP contribution in [0.3, 0.4) is 0 Å². The summed E-state index contributed by atoms with van der Waals surface area (Å²) in [5.74, 6) is 0.108. The van der Waals surface area contributed by atoms with Crippen LogP contribution >= 0.6 is 23.7 Å². The van der Waals surface area contributed by atoms with Gasteiger partial charge in [-0.1, -0.05) is 6.92 Å². The third kappa shape index (κ3) is 3.69. The molecule has 1 aliphatic rings. The Morgan fingerprint density at radius 1 is 1.65 bits per heavy atom. The van der Waals surface area contributed by atoms with Gasteiger partial charge in [0.15, 0.2) is 0 Å². The SMILES string of the molecule is CC[C@H](N)C(=O)N(Cc1ccsc1)C1CC1.Cl. The van der Waals surface area contributed by atoms with E-state index >= 15 is 0 Å². The van der Waals surface area contributed by atoms with Gasteiger partial charge in [0.25, 0.3) is 0 Å². The van der Waals surface area contributed by atoms with Gasteiger partial charge in [-0.25, -0.2) is 0 Å². The molecule has 0 radical (unpaired) electrons. The first-order chi connectivity index (χ1) is 7.72. The highest BCUT2D eigenvalue weighted by Crippen LogP contribution is 2.29. The number of carbonyl (C=O) groups excluding carboxylic acids is 1. The highest BCUT2D eigenvalue weighted by molar-refractivity contribution is 7.07. The fourth-order valence-corrected chi connectivity index (χ4v) is 2.40. The van der Waals surface area contributed by atoms with Gasteiger partial charge in [0, 0.05) is 12.6 Å². The molecule has 5 heteroatoms. The first-order valence-electron chi connectivity index (χ1n) is 5.79. The van der Waals surface area contributed by atoms with E-state index < -0.39 is 0 Å². The molecular formula is C12H19ClN2OS. The molecule has 2 N–H and O–H groups in total. The zero-order valence-corrected chi connectivity index (χ0v) is 11.6. The van der Waals surface area contributed by atoms with Crippen LogP contribution in [0.4, 0.5) is 0 Å². The third-order valence-electron chi connectivity index (χ3n) is 2.96. The highest BCUT2D eigenvalue weighted by Gasteiger charge is 2.34. The first kappa shape index (κ1) is 14.5. The molecule has 0 aliphatic heterocycles. The smallest absolute Gasteiger partial charge is 0.240 e. The zero-order valence-electron chi connectivity index (χ0n) is 9.96. The average Bonchev–Trinajstić information content (AvgIpc) is 3.01. The quantitative estimate of drug-likeness (QED) is 0.896. The van der Waals surface area contributed by atoms with E-state index in [1.54, 1.807) is 11.3 Å². The Bertz CT molecular complexity index is 351. The predicted molar refractivity (Wildman–Crippen MR) is 73.4 cm³/mol. The molecule has 3 nitrogen and oxygen atoms in total. The number of nitrogens with zero attached hydrogens (tertiary/aromatic N) is 1. The van der Waals surface area contributed by atoms with Gasteiger partial charge < -0.3 is 10.6 Å². The molecule has 0 saturated heterocycles. The van der Waals surface area contributed by atoms with E-state index in [0.717, 1.165) is 19.4 Å². The minimum absolute atomic E-state index is 0. The Kier molecular flexibility index (Phi) is 5.43. The molecule has 1 atom stereocenters. The van der Waals surface area contributed by atoms with E-state index in [4.69, 9.17) is 5.73 Å². The Hall–Kier alpha value is -0.580. The van der Waals surface area contributed by atoms with Crippen LogP contribution in [0.5, 0.6) is 0 Å². The molecule has 0 aromatic carbocycles. The number of thiophene rings is 1. The first-order valence-corrected chi connectivity index (χ1v) is 6.73. The lowest BCUT2D eigenvalue weighted by Crippen LogP contribution is -2.44. The van der Waals surface area contributed by atoms with Crippen LogP contribution in [-0.2, 0) is 11.3 Å². The lowest BCUT2D eigenvalue weighted by atomic mass is 10.2. The molecule has 0 unspecified atom stereocenters. The van der Waals surface area contributed by atoms with Gasteiger partial charge in [0.05, 0.1) is 6.04 Å². The molecule has 96 valence electrons. The van der Waals surface area contributed by atoms with Crippen LogP contribution in [0.2, 0.25) is 0 Å². The van der Waals surface area contributed by atoms with Crippen LogP contribution in [-0.4, -0.2) is 22.9 Å². The molecular weight excluding hydrogens is 256 g/mol. The summed E-state index contributed by atoms with van der Waals surface area (Å²) in [6.45, 7) is 2.68. The molecule has 1 aliphatic carbocycles. The molecule has 17 heavy (non-hydrogen) atoms. The van der Waals surface area contributed by atoms with Gasteiger partial charge in [-0.2, -0.15) is 11.3 Å². The van der Waals surface area contributed by atoms with E-state index in [-0.39, 0.29) is 24.4 Å². The van der Waals surface area contributed by atoms with Crippen molar-refractivity contribution in [1.29, 1.82) is 0 Å². The van der Waals surface area contributed by atoms with Crippen molar-refractivity contribution in [2.75, 3.05) is 0 Å². The van der Waals surface area contributed by atoms with Crippen molar-refractivity contribution in [2.45, 2.75) is 44.8 Å². The molecule has 0 spiro atoms.